The molecule has 0 aliphatic heterocycles. The second-order valence-corrected chi connectivity index (χ2v) is 5.50. The van der Waals surface area contributed by atoms with Crippen LogP contribution in [-0.2, 0) is 6.54 Å². The van der Waals surface area contributed by atoms with E-state index in [2.05, 4.69) is 18.2 Å². The molecular weight excluding hydrogens is 286 g/mol. The molecular formula is C20H17NO2. The predicted octanol–water partition coefficient (Wildman–Crippen LogP) is 3.92. The molecule has 3 aromatic rings. The van der Waals surface area contributed by atoms with E-state index < -0.39 is 0 Å². The zero-order chi connectivity index (χ0) is 16.2. The molecule has 0 unspecified atom stereocenters. The summed E-state index contributed by atoms with van der Waals surface area (Å²) in [6.45, 7) is 0.493. The molecule has 3 rings (SSSR count). The second kappa shape index (κ2) is 6.44. The molecule has 0 N–H and O–H groups in total. The minimum atomic E-state index is -0.152. The van der Waals surface area contributed by atoms with Crippen LogP contribution in [0.4, 0.5) is 0 Å². The lowest BCUT2D eigenvalue weighted by atomic mass is 10.0. The van der Waals surface area contributed by atoms with Crippen LogP contribution in [0.3, 0.4) is 0 Å². The van der Waals surface area contributed by atoms with Gasteiger partial charge >= 0.3 is 0 Å². The third-order valence-electron chi connectivity index (χ3n) is 3.95. The number of hydrogen-bond acceptors (Lipinski definition) is 2. The van der Waals surface area contributed by atoms with Gasteiger partial charge in [0.2, 0.25) is 0 Å². The highest BCUT2D eigenvalue weighted by Gasteiger charge is 2.16. The van der Waals surface area contributed by atoms with Gasteiger partial charge in [-0.15, -0.1) is 0 Å². The lowest BCUT2D eigenvalue weighted by Gasteiger charge is -2.19. The highest BCUT2D eigenvalue weighted by molar-refractivity contribution is 6.01. The van der Waals surface area contributed by atoms with Crippen molar-refractivity contribution in [2.45, 2.75) is 6.54 Å². The molecule has 0 radical (unpaired) electrons. The van der Waals surface area contributed by atoms with Crippen LogP contribution in [0.25, 0.3) is 10.8 Å². The van der Waals surface area contributed by atoms with Gasteiger partial charge in [0.25, 0.3) is 5.91 Å². The van der Waals surface area contributed by atoms with Gasteiger partial charge in [-0.2, -0.15) is 0 Å². The number of carbonyl (C=O) groups is 2. The fourth-order valence-electron chi connectivity index (χ4n) is 2.76. The molecule has 0 fully saturated rings. The summed E-state index contributed by atoms with van der Waals surface area (Å²) in [5.74, 6) is -0.152. The van der Waals surface area contributed by atoms with Crippen LogP contribution >= 0.6 is 0 Å². The van der Waals surface area contributed by atoms with Gasteiger partial charge in [-0.25, -0.2) is 0 Å². The number of carbonyl (C=O) groups excluding carboxylic acids is 2. The first kappa shape index (κ1) is 15.0. The van der Waals surface area contributed by atoms with Crippen molar-refractivity contribution < 1.29 is 9.59 Å². The van der Waals surface area contributed by atoms with Crippen molar-refractivity contribution in [2.24, 2.45) is 0 Å². The second-order valence-electron chi connectivity index (χ2n) is 5.50. The molecule has 0 atom stereocenters. The van der Waals surface area contributed by atoms with Crippen LogP contribution < -0.4 is 0 Å². The van der Waals surface area contributed by atoms with E-state index in [4.69, 9.17) is 0 Å². The van der Waals surface area contributed by atoms with Gasteiger partial charge in [0.1, 0.15) is 0 Å². The Morgan fingerprint density at radius 1 is 0.957 bits per heavy atom. The van der Waals surface area contributed by atoms with Crippen LogP contribution in [0, 0.1) is 0 Å². The van der Waals surface area contributed by atoms with Crippen molar-refractivity contribution in [3.63, 3.8) is 0 Å². The first-order valence-corrected chi connectivity index (χ1v) is 7.47. The van der Waals surface area contributed by atoms with Crippen molar-refractivity contribution in [3.8, 4) is 0 Å². The zero-order valence-corrected chi connectivity index (χ0v) is 12.9. The van der Waals surface area contributed by atoms with E-state index in [-0.39, 0.29) is 5.91 Å². The minimum absolute atomic E-state index is 0.152. The van der Waals surface area contributed by atoms with Crippen molar-refractivity contribution in [3.05, 3.63) is 83.4 Å². The Bertz CT molecular complexity index is 865. The molecule has 114 valence electrons. The Hall–Kier alpha value is -2.94. The molecule has 1 amide bonds. The number of nitrogens with zero attached hydrogens (tertiary/aromatic N) is 1. The van der Waals surface area contributed by atoms with E-state index in [1.165, 1.54) is 0 Å². The highest BCUT2D eigenvalue weighted by Crippen LogP contribution is 2.20. The smallest absolute Gasteiger partial charge is 0.254 e. The fraction of sp³-hybridized carbons (Fsp3) is 0.100. The molecule has 0 spiro atoms. The predicted molar refractivity (Wildman–Crippen MR) is 91.6 cm³/mol. The van der Waals surface area contributed by atoms with E-state index in [1.807, 2.05) is 24.3 Å². The number of rotatable bonds is 4. The molecule has 3 nitrogen and oxygen atoms in total. The minimum Gasteiger partial charge on any atom is -0.337 e. The van der Waals surface area contributed by atoms with E-state index >= 15 is 0 Å². The maximum absolute atomic E-state index is 12.6. The monoisotopic (exact) mass is 303 g/mol. The van der Waals surface area contributed by atoms with Gasteiger partial charge < -0.3 is 4.90 Å². The van der Waals surface area contributed by atoms with Crippen molar-refractivity contribution in [2.75, 3.05) is 7.05 Å². The van der Waals surface area contributed by atoms with E-state index in [0.29, 0.717) is 17.7 Å². The van der Waals surface area contributed by atoms with Crippen molar-refractivity contribution >= 4 is 23.0 Å². The third kappa shape index (κ3) is 2.99. The summed E-state index contributed by atoms with van der Waals surface area (Å²) in [7, 11) is 1.76. The summed E-state index contributed by atoms with van der Waals surface area (Å²) in [5, 5.41) is 2.29. The van der Waals surface area contributed by atoms with E-state index in [9.17, 15) is 9.59 Å². The van der Waals surface area contributed by atoms with Gasteiger partial charge in [0, 0.05) is 19.2 Å². The molecule has 0 aliphatic carbocycles. The maximum Gasteiger partial charge on any atom is 0.254 e. The standard InChI is InChI=1S/C20H17NO2/c1-21(20(23)19-12-5-3-8-17(19)14-22)13-16-10-6-9-15-7-2-4-11-18(15)16/h2-12,14H,13H2,1H3. The average molecular weight is 303 g/mol. The highest BCUT2D eigenvalue weighted by atomic mass is 16.2. The molecule has 0 saturated heterocycles. The Morgan fingerprint density at radius 2 is 1.65 bits per heavy atom. The van der Waals surface area contributed by atoms with Gasteiger partial charge in [-0.3, -0.25) is 9.59 Å². The first-order valence-electron chi connectivity index (χ1n) is 7.47. The number of fused-ring (bicyclic) bond motifs is 1. The summed E-state index contributed by atoms with van der Waals surface area (Å²) in [6.07, 6.45) is 0.721. The molecule has 23 heavy (non-hydrogen) atoms. The lowest BCUT2D eigenvalue weighted by molar-refractivity contribution is 0.0782. The topological polar surface area (TPSA) is 37.4 Å². The van der Waals surface area contributed by atoms with Crippen LogP contribution in [0.15, 0.2) is 66.7 Å². The number of amides is 1. The maximum atomic E-state index is 12.6. The van der Waals surface area contributed by atoms with Gasteiger partial charge in [-0.1, -0.05) is 60.7 Å². The summed E-state index contributed by atoms with van der Waals surface area (Å²) in [5.41, 5.74) is 1.94. The number of aldehydes is 1. The average Bonchev–Trinajstić information content (AvgIpc) is 2.61. The SMILES string of the molecule is CN(Cc1cccc2ccccc12)C(=O)c1ccccc1C=O. The molecule has 0 heterocycles. The van der Waals surface area contributed by atoms with E-state index in [1.54, 1.807) is 36.2 Å². The fourth-order valence-corrected chi connectivity index (χ4v) is 2.76. The van der Waals surface area contributed by atoms with Gasteiger partial charge in [-0.05, 0) is 22.4 Å². The number of hydrogen-bond donors (Lipinski definition) is 0. The van der Waals surface area contributed by atoms with E-state index in [0.717, 1.165) is 22.6 Å². The summed E-state index contributed by atoms with van der Waals surface area (Å²) in [6, 6.07) is 21.1. The quantitative estimate of drug-likeness (QED) is 0.685. The van der Waals surface area contributed by atoms with Crippen LogP contribution in [-0.4, -0.2) is 24.1 Å². The Labute approximate surface area is 135 Å². The summed E-state index contributed by atoms with van der Waals surface area (Å²) < 4.78 is 0. The van der Waals surface area contributed by atoms with Crippen molar-refractivity contribution in [1.82, 2.24) is 4.90 Å². The zero-order valence-electron chi connectivity index (χ0n) is 12.9. The van der Waals surface area contributed by atoms with Gasteiger partial charge in [0.15, 0.2) is 6.29 Å². The van der Waals surface area contributed by atoms with Crippen LogP contribution in [0.2, 0.25) is 0 Å². The third-order valence-corrected chi connectivity index (χ3v) is 3.95. The number of benzene rings is 3. The first-order chi connectivity index (χ1) is 11.2. The summed E-state index contributed by atoms with van der Waals surface area (Å²) >= 11 is 0. The van der Waals surface area contributed by atoms with Crippen LogP contribution in [0.1, 0.15) is 26.3 Å². The molecule has 3 heteroatoms. The van der Waals surface area contributed by atoms with Gasteiger partial charge in [0.05, 0.1) is 5.56 Å². The molecule has 0 aromatic heterocycles. The summed E-state index contributed by atoms with van der Waals surface area (Å²) in [4.78, 5) is 25.4. The van der Waals surface area contributed by atoms with Crippen LogP contribution in [0.5, 0.6) is 0 Å². The molecule has 0 bridgehead atoms. The normalized spacial score (nSPS) is 10.5. The lowest BCUT2D eigenvalue weighted by Crippen LogP contribution is -2.27. The Morgan fingerprint density at radius 3 is 2.48 bits per heavy atom. The largest absolute Gasteiger partial charge is 0.337 e. The molecule has 0 aliphatic rings. The Balaban J connectivity index is 1.90. The van der Waals surface area contributed by atoms with Crippen molar-refractivity contribution in [1.29, 1.82) is 0 Å². The Kier molecular flexibility index (Phi) is 4.20. The molecule has 0 saturated carbocycles. The molecule has 3 aromatic carbocycles.